The summed E-state index contributed by atoms with van der Waals surface area (Å²) in [6, 6.07) is 7.47. The Hall–Kier alpha value is -2.34. The number of aromatic nitrogens is 2. The van der Waals surface area contributed by atoms with Crippen LogP contribution in [0, 0.1) is 0 Å². The zero-order chi connectivity index (χ0) is 17.4. The summed E-state index contributed by atoms with van der Waals surface area (Å²) in [5, 5.41) is 7.64. The highest BCUT2D eigenvalue weighted by Crippen LogP contribution is 2.40. The Morgan fingerprint density at radius 2 is 2.00 bits per heavy atom. The van der Waals surface area contributed by atoms with Crippen molar-refractivity contribution in [1.29, 1.82) is 0 Å². The van der Waals surface area contributed by atoms with Gasteiger partial charge in [0.05, 0.1) is 17.5 Å². The molecule has 25 heavy (non-hydrogen) atoms. The number of aromatic amines is 1. The number of hydrogen-bond donors (Lipinski definition) is 1. The molecule has 0 bridgehead atoms. The molecule has 1 aromatic carbocycles. The SMILES string of the molecule is O=C1CN(C(=O)c2cn[nH]c2C2CC2)CCN1Cc1ccc(Cl)cc1. The fourth-order valence-corrected chi connectivity index (χ4v) is 3.31. The highest BCUT2D eigenvalue weighted by Gasteiger charge is 2.33. The molecule has 0 unspecified atom stereocenters. The van der Waals surface area contributed by atoms with Crippen molar-refractivity contribution in [3.8, 4) is 0 Å². The van der Waals surface area contributed by atoms with Crippen molar-refractivity contribution < 1.29 is 9.59 Å². The standard InChI is InChI=1S/C18H19ClN4O2/c19-14-5-1-12(2-6-14)10-22-7-8-23(11-16(22)24)18(25)15-9-20-21-17(15)13-3-4-13/h1-2,5-6,9,13H,3-4,7-8,10-11H2,(H,20,21). The first kappa shape index (κ1) is 16.1. The Bertz CT molecular complexity index is 798. The molecule has 2 fully saturated rings. The number of nitrogens with zero attached hydrogens (tertiary/aromatic N) is 3. The third-order valence-electron chi connectivity index (χ3n) is 4.78. The number of nitrogens with one attached hydrogen (secondary N) is 1. The van der Waals surface area contributed by atoms with Gasteiger partial charge in [0.1, 0.15) is 6.54 Å². The third kappa shape index (κ3) is 3.39. The first-order valence-electron chi connectivity index (χ1n) is 8.46. The molecule has 0 radical (unpaired) electrons. The van der Waals surface area contributed by atoms with Crippen LogP contribution in [0.5, 0.6) is 0 Å². The summed E-state index contributed by atoms with van der Waals surface area (Å²) in [5.41, 5.74) is 2.56. The van der Waals surface area contributed by atoms with Crippen LogP contribution in [0.2, 0.25) is 5.02 Å². The maximum Gasteiger partial charge on any atom is 0.257 e. The summed E-state index contributed by atoms with van der Waals surface area (Å²) in [5.74, 6) is 0.282. The van der Waals surface area contributed by atoms with E-state index in [9.17, 15) is 9.59 Å². The topological polar surface area (TPSA) is 69.3 Å². The molecule has 2 heterocycles. The van der Waals surface area contributed by atoms with Crippen LogP contribution in [-0.2, 0) is 11.3 Å². The molecule has 2 aromatic rings. The van der Waals surface area contributed by atoms with Gasteiger partial charge in [0.15, 0.2) is 0 Å². The average Bonchev–Trinajstić information content (AvgIpc) is 3.34. The molecule has 7 heteroatoms. The fraction of sp³-hybridized carbons (Fsp3) is 0.389. The minimum absolute atomic E-state index is 0.0361. The lowest BCUT2D eigenvalue weighted by Crippen LogP contribution is -2.51. The second-order valence-corrected chi connectivity index (χ2v) is 7.08. The molecule has 1 aliphatic heterocycles. The van der Waals surface area contributed by atoms with E-state index in [1.807, 2.05) is 24.3 Å². The minimum Gasteiger partial charge on any atom is -0.335 e. The third-order valence-corrected chi connectivity index (χ3v) is 5.03. The smallest absolute Gasteiger partial charge is 0.257 e. The van der Waals surface area contributed by atoms with Gasteiger partial charge < -0.3 is 9.80 Å². The number of carbonyl (C=O) groups is 2. The van der Waals surface area contributed by atoms with Gasteiger partial charge in [0, 0.05) is 30.6 Å². The first-order valence-corrected chi connectivity index (χ1v) is 8.84. The van der Waals surface area contributed by atoms with E-state index in [4.69, 9.17) is 11.6 Å². The van der Waals surface area contributed by atoms with Crippen LogP contribution >= 0.6 is 11.6 Å². The quantitative estimate of drug-likeness (QED) is 0.912. The van der Waals surface area contributed by atoms with Gasteiger partial charge in [-0.1, -0.05) is 23.7 Å². The van der Waals surface area contributed by atoms with Crippen molar-refractivity contribution in [2.75, 3.05) is 19.6 Å². The average molecular weight is 359 g/mol. The van der Waals surface area contributed by atoms with E-state index in [0.29, 0.717) is 36.1 Å². The molecule has 1 aliphatic carbocycles. The Kier molecular flexibility index (Phi) is 4.21. The lowest BCUT2D eigenvalue weighted by molar-refractivity contribution is -0.135. The largest absolute Gasteiger partial charge is 0.335 e. The number of amides is 2. The van der Waals surface area contributed by atoms with E-state index < -0.39 is 0 Å². The Morgan fingerprint density at radius 3 is 2.68 bits per heavy atom. The molecule has 130 valence electrons. The van der Waals surface area contributed by atoms with Crippen molar-refractivity contribution in [3.05, 3.63) is 52.3 Å². The second-order valence-electron chi connectivity index (χ2n) is 6.64. The van der Waals surface area contributed by atoms with Gasteiger partial charge in [-0.15, -0.1) is 0 Å². The van der Waals surface area contributed by atoms with Gasteiger partial charge in [0.2, 0.25) is 5.91 Å². The maximum absolute atomic E-state index is 12.7. The number of hydrogen-bond acceptors (Lipinski definition) is 3. The highest BCUT2D eigenvalue weighted by atomic mass is 35.5. The van der Waals surface area contributed by atoms with E-state index in [0.717, 1.165) is 24.1 Å². The van der Waals surface area contributed by atoms with E-state index in [-0.39, 0.29) is 18.4 Å². The van der Waals surface area contributed by atoms with Crippen LogP contribution in [0.4, 0.5) is 0 Å². The van der Waals surface area contributed by atoms with E-state index >= 15 is 0 Å². The summed E-state index contributed by atoms with van der Waals surface area (Å²) in [7, 11) is 0. The van der Waals surface area contributed by atoms with Crippen molar-refractivity contribution in [1.82, 2.24) is 20.0 Å². The Labute approximate surface area is 150 Å². The van der Waals surface area contributed by atoms with Gasteiger partial charge in [-0.3, -0.25) is 14.7 Å². The molecule has 2 amide bonds. The molecule has 1 saturated carbocycles. The minimum atomic E-state index is -0.102. The van der Waals surface area contributed by atoms with Gasteiger partial charge >= 0.3 is 0 Å². The molecule has 6 nitrogen and oxygen atoms in total. The molecule has 2 aliphatic rings. The van der Waals surface area contributed by atoms with Crippen molar-refractivity contribution in [2.24, 2.45) is 0 Å². The van der Waals surface area contributed by atoms with Crippen LogP contribution < -0.4 is 0 Å². The van der Waals surface area contributed by atoms with Crippen LogP contribution in [-0.4, -0.2) is 51.4 Å². The fourth-order valence-electron chi connectivity index (χ4n) is 3.18. The van der Waals surface area contributed by atoms with Crippen LogP contribution in [0.25, 0.3) is 0 Å². The molecular weight excluding hydrogens is 340 g/mol. The van der Waals surface area contributed by atoms with E-state index in [1.54, 1.807) is 16.0 Å². The molecule has 1 saturated heterocycles. The summed E-state index contributed by atoms with van der Waals surface area (Å²) < 4.78 is 0. The predicted molar refractivity (Wildman–Crippen MR) is 93.3 cm³/mol. The summed E-state index contributed by atoms with van der Waals surface area (Å²) >= 11 is 5.89. The zero-order valence-corrected chi connectivity index (χ0v) is 14.5. The maximum atomic E-state index is 12.7. The van der Waals surface area contributed by atoms with Crippen LogP contribution in [0.1, 0.15) is 40.4 Å². The number of H-pyrrole nitrogens is 1. The molecule has 0 atom stereocenters. The number of halogens is 1. The van der Waals surface area contributed by atoms with Gasteiger partial charge in [-0.2, -0.15) is 5.10 Å². The van der Waals surface area contributed by atoms with Gasteiger partial charge in [-0.05, 0) is 30.5 Å². The van der Waals surface area contributed by atoms with Crippen LogP contribution in [0.3, 0.4) is 0 Å². The molecule has 1 N–H and O–H groups in total. The predicted octanol–water partition coefficient (Wildman–Crippen LogP) is 2.43. The highest BCUT2D eigenvalue weighted by molar-refractivity contribution is 6.30. The van der Waals surface area contributed by atoms with E-state index in [2.05, 4.69) is 10.2 Å². The molecular formula is C18H19ClN4O2. The molecule has 4 rings (SSSR count). The van der Waals surface area contributed by atoms with Gasteiger partial charge in [0.25, 0.3) is 5.91 Å². The molecule has 1 aromatic heterocycles. The lowest BCUT2D eigenvalue weighted by atomic mass is 10.1. The van der Waals surface area contributed by atoms with Crippen molar-refractivity contribution >= 4 is 23.4 Å². The number of benzene rings is 1. The second kappa shape index (κ2) is 6.52. The number of rotatable bonds is 4. The first-order chi connectivity index (χ1) is 12.1. The van der Waals surface area contributed by atoms with Crippen molar-refractivity contribution in [3.63, 3.8) is 0 Å². The summed E-state index contributed by atoms with van der Waals surface area (Å²) in [6.07, 6.45) is 3.77. The number of piperazine rings is 1. The number of carbonyl (C=O) groups excluding carboxylic acids is 2. The summed E-state index contributed by atoms with van der Waals surface area (Å²) in [4.78, 5) is 28.6. The lowest BCUT2D eigenvalue weighted by Gasteiger charge is -2.34. The van der Waals surface area contributed by atoms with Gasteiger partial charge in [-0.25, -0.2) is 0 Å². The zero-order valence-electron chi connectivity index (χ0n) is 13.7. The van der Waals surface area contributed by atoms with Crippen LogP contribution in [0.15, 0.2) is 30.5 Å². The summed E-state index contributed by atoms with van der Waals surface area (Å²) in [6.45, 7) is 1.72. The van der Waals surface area contributed by atoms with E-state index in [1.165, 1.54) is 0 Å². The Morgan fingerprint density at radius 1 is 1.24 bits per heavy atom. The molecule has 0 spiro atoms. The van der Waals surface area contributed by atoms with Crippen molar-refractivity contribution in [2.45, 2.75) is 25.3 Å². The Balaban J connectivity index is 1.40. The monoisotopic (exact) mass is 358 g/mol. The normalized spacial score (nSPS) is 17.9.